The Morgan fingerprint density at radius 1 is 1.35 bits per heavy atom. The van der Waals surface area contributed by atoms with Crippen molar-refractivity contribution in [2.75, 3.05) is 26.2 Å². The summed E-state index contributed by atoms with van der Waals surface area (Å²) in [5, 5.41) is 11.8. The van der Waals surface area contributed by atoms with Gasteiger partial charge >= 0.3 is 12.0 Å². The van der Waals surface area contributed by atoms with Crippen molar-refractivity contribution in [3.63, 3.8) is 0 Å². The molecule has 2 aliphatic rings. The SMILES string of the molecule is CC1(C)C(=O)NCCN1C(=O)N1CCC[C@@H](C(=O)O)C1. The summed E-state index contributed by atoms with van der Waals surface area (Å²) in [6, 6.07) is -0.240. The van der Waals surface area contributed by atoms with E-state index >= 15 is 0 Å². The van der Waals surface area contributed by atoms with Gasteiger partial charge in [-0.2, -0.15) is 0 Å². The fourth-order valence-electron chi connectivity index (χ4n) is 2.76. The van der Waals surface area contributed by atoms with Gasteiger partial charge < -0.3 is 20.2 Å². The van der Waals surface area contributed by atoms with Gasteiger partial charge in [0.05, 0.1) is 5.92 Å². The third-order valence-corrected chi connectivity index (χ3v) is 4.12. The van der Waals surface area contributed by atoms with E-state index in [2.05, 4.69) is 5.32 Å². The Balaban J connectivity index is 2.10. The van der Waals surface area contributed by atoms with Crippen LogP contribution in [0.25, 0.3) is 0 Å². The predicted molar refractivity (Wildman–Crippen MR) is 71.1 cm³/mol. The van der Waals surface area contributed by atoms with Crippen LogP contribution < -0.4 is 5.32 Å². The van der Waals surface area contributed by atoms with Crippen molar-refractivity contribution in [1.82, 2.24) is 15.1 Å². The van der Waals surface area contributed by atoms with Crippen LogP contribution in [-0.2, 0) is 9.59 Å². The standard InChI is InChI=1S/C13H21N3O4/c1-13(2)11(19)14-5-7-16(13)12(20)15-6-3-4-9(8-15)10(17)18/h9H,3-8H2,1-2H3,(H,14,19)(H,17,18)/t9-/m1/s1. The number of likely N-dealkylation sites (tertiary alicyclic amines) is 1. The van der Waals surface area contributed by atoms with Crippen molar-refractivity contribution in [1.29, 1.82) is 0 Å². The van der Waals surface area contributed by atoms with Crippen molar-refractivity contribution in [2.24, 2.45) is 5.92 Å². The number of rotatable bonds is 1. The predicted octanol–water partition coefficient (Wildman–Crippen LogP) is 0.113. The van der Waals surface area contributed by atoms with Crippen molar-refractivity contribution < 1.29 is 19.5 Å². The molecular formula is C13H21N3O4. The van der Waals surface area contributed by atoms with Crippen LogP contribution >= 0.6 is 0 Å². The zero-order valence-corrected chi connectivity index (χ0v) is 11.9. The highest BCUT2D eigenvalue weighted by Gasteiger charge is 2.43. The maximum absolute atomic E-state index is 12.6. The molecule has 0 radical (unpaired) electrons. The van der Waals surface area contributed by atoms with Gasteiger partial charge in [0, 0.05) is 26.2 Å². The number of carbonyl (C=O) groups is 3. The van der Waals surface area contributed by atoms with E-state index in [1.54, 1.807) is 18.7 Å². The molecule has 0 aromatic heterocycles. The summed E-state index contributed by atoms with van der Waals surface area (Å²) in [6.45, 7) is 5.07. The highest BCUT2D eigenvalue weighted by molar-refractivity contribution is 5.91. The first-order valence-corrected chi connectivity index (χ1v) is 6.91. The van der Waals surface area contributed by atoms with Crippen LogP contribution in [-0.4, -0.2) is 64.5 Å². The second kappa shape index (κ2) is 5.30. The number of urea groups is 1. The minimum absolute atomic E-state index is 0.177. The van der Waals surface area contributed by atoms with Crippen LogP contribution in [0.2, 0.25) is 0 Å². The molecule has 0 aromatic rings. The summed E-state index contributed by atoms with van der Waals surface area (Å²) in [7, 11) is 0. The fraction of sp³-hybridized carbons (Fsp3) is 0.769. The number of amides is 3. The quantitative estimate of drug-likeness (QED) is 0.715. The molecule has 1 atom stereocenters. The molecule has 2 fully saturated rings. The highest BCUT2D eigenvalue weighted by atomic mass is 16.4. The molecule has 2 heterocycles. The minimum Gasteiger partial charge on any atom is -0.481 e. The van der Waals surface area contributed by atoms with E-state index in [9.17, 15) is 14.4 Å². The molecule has 0 aliphatic carbocycles. The van der Waals surface area contributed by atoms with E-state index in [1.807, 2.05) is 0 Å². The summed E-state index contributed by atoms with van der Waals surface area (Å²) >= 11 is 0. The van der Waals surface area contributed by atoms with Gasteiger partial charge in [0.15, 0.2) is 0 Å². The number of aliphatic carboxylic acids is 1. The average Bonchev–Trinajstić information content (AvgIpc) is 2.41. The fourth-order valence-corrected chi connectivity index (χ4v) is 2.76. The number of carboxylic acids is 1. The third-order valence-electron chi connectivity index (χ3n) is 4.12. The van der Waals surface area contributed by atoms with Gasteiger partial charge in [-0.05, 0) is 26.7 Å². The molecule has 0 unspecified atom stereocenters. The van der Waals surface area contributed by atoms with Gasteiger partial charge in [-0.3, -0.25) is 9.59 Å². The van der Waals surface area contributed by atoms with Gasteiger partial charge in [-0.1, -0.05) is 0 Å². The van der Waals surface area contributed by atoms with E-state index in [0.29, 0.717) is 32.5 Å². The van der Waals surface area contributed by atoms with Crippen LogP contribution in [0.5, 0.6) is 0 Å². The topological polar surface area (TPSA) is 90.0 Å². The van der Waals surface area contributed by atoms with E-state index < -0.39 is 17.4 Å². The molecule has 2 N–H and O–H groups in total. The lowest BCUT2D eigenvalue weighted by Crippen LogP contribution is -2.66. The van der Waals surface area contributed by atoms with Gasteiger partial charge in [-0.15, -0.1) is 0 Å². The van der Waals surface area contributed by atoms with Crippen LogP contribution in [0, 0.1) is 5.92 Å². The average molecular weight is 283 g/mol. The number of piperazine rings is 1. The molecule has 0 bridgehead atoms. The molecule has 2 rings (SSSR count). The van der Waals surface area contributed by atoms with E-state index in [-0.39, 0.29) is 18.5 Å². The van der Waals surface area contributed by atoms with Crippen molar-refractivity contribution in [3.05, 3.63) is 0 Å². The summed E-state index contributed by atoms with van der Waals surface area (Å²) in [5.41, 5.74) is -0.897. The third kappa shape index (κ3) is 2.57. The maximum atomic E-state index is 12.6. The number of carbonyl (C=O) groups excluding carboxylic acids is 2. The molecule has 0 saturated carbocycles. The number of nitrogens with one attached hydrogen (secondary N) is 1. The van der Waals surface area contributed by atoms with Crippen molar-refractivity contribution in [3.8, 4) is 0 Å². The molecule has 20 heavy (non-hydrogen) atoms. The Morgan fingerprint density at radius 3 is 2.70 bits per heavy atom. The molecule has 7 heteroatoms. The summed E-state index contributed by atoms with van der Waals surface area (Å²) in [5.74, 6) is -1.54. The Bertz CT molecular complexity index is 435. The van der Waals surface area contributed by atoms with E-state index in [1.165, 1.54) is 4.90 Å². The number of nitrogens with zero attached hydrogens (tertiary/aromatic N) is 2. The van der Waals surface area contributed by atoms with Crippen LogP contribution in [0.3, 0.4) is 0 Å². The Labute approximate surface area is 117 Å². The lowest BCUT2D eigenvalue weighted by atomic mass is 9.97. The summed E-state index contributed by atoms with van der Waals surface area (Å²) in [6.07, 6.45) is 1.28. The van der Waals surface area contributed by atoms with Crippen molar-refractivity contribution in [2.45, 2.75) is 32.2 Å². The molecular weight excluding hydrogens is 262 g/mol. The van der Waals surface area contributed by atoms with E-state index in [0.717, 1.165) is 0 Å². The number of carboxylic acid groups (broad SMARTS) is 1. The number of hydrogen-bond acceptors (Lipinski definition) is 3. The molecule has 3 amide bonds. The van der Waals surface area contributed by atoms with E-state index in [4.69, 9.17) is 5.11 Å². The largest absolute Gasteiger partial charge is 0.481 e. The lowest BCUT2D eigenvalue weighted by molar-refractivity contribution is -0.143. The first-order chi connectivity index (χ1) is 9.34. The van der Waals surface area contributed by atoms with Crippen LogP contribution in [0.4, 0.5) is 4.79 Å². The summed E-state index contributed by atoms with van der Waals surface area (Å²) in [4.78, 5) is 38.6. The van der Waals surface area contributed by atoms with Crippen LogP contribution in [0.15, 0.2) is 0 Å². The zero-order valence-electron chi connectivity index (χ0n) is 11.9. The first kappa shape index (κ1) is 14.6. The first-order valence-electron chi connectivity index (χ1n) is 6.91. The molecule has 0 aromatic carbocycles. The van der Waals surface area contributed by atoms with Crippen LogP contribution in [0.1, 0.15) is 26.7 Å². The Morgan fingerprint density at radius 2 is 2.05 bits per heavy atom. The molecule has 2 saturated heterocycles. The second-order valence-corrected chi connectivity index (χ2v) is 5.87. The van der Waals surface area contributed by atoms with Gasteiger partial charge in [0.2, 0.25) is 5.91 Å². The normalized spacial score (nSPS) is 26.1. The van der Waals surface area contributed by atoms with Crippen molar-refractivity contribution >= 4 is 17.9 Å². The maximum Gasteiger partial charge on any atom is 0.320 e. The van der Waals surface area contributed by atoms with Gasteiger partial charge in [-0.25, -0.2) is 4.79 Å². The lowest BCUT2D eigenvalue weighted by Gasteiger charge is -2.44. The second-order valence-electron chi connectivity index (χ2n) is 5.87. The van der Waals surface area contributed by atoms with Gasteiger partial charge in [0.1, 0.15) is 5.54 Å². The zero-order chi connectivity index (χ0) is 14.9. The Hall–Kier alpha value is -1.79. The highest BCUT2D eigenvalue weighted by Crippen LogP contribution is 2.23. The molecule has 2 aliphatic heterocycles. The molecule has 0 spiro atoms. The molecule has 112 valence electrons. The molecule has 7 nitrogen and oxygen atoms in total. The Kier molecular flexibility index (Phi) is 3.87. The van der Waals surface area contributed by atoms with Gasteiger partial charge in [0.25, 0.3) is 0 Å². The monoisotopic (exact) mass is 283 g/mol. The minimum atomic E-state index is -0.897. The number of hydrogen-bond donors (Lipinski definition) is 2. The summed E-state index contributed by atoms with van der Waals surface area (Å²) < 4.78 is 0. The smallest absolute Gasteiger partial charge is 0.320 e. The number of piperidine rings is 1.